The van der Waals surface area contributed by atoms with Gasteiger partial charge in [0.15, 0.2) is 0 Å². The zero-order valence-electron chi connectivity index (χ0n) is 49.4. The van der Waals surface area contributed by atoms with Crippen molar-refractivity contribution in [3.05, 3.63) is 119 Å². The molecule has 4 N–H and O–H groups in total. The van der Waals surface area contributed by atoms with Gasteiger partial charge in [0.25, 0.3) is 5.56 Å². The number of benzene rings is 2. The Labute approximate surface area is 513 Å². The van der Waals surface area contributed by atoms with Crippen LogP contribution in [0.2, 0.25) is 0 Å². The van der Waals surface area contributed by atoms with Crippen LogP contribution in [0.4, 0.5) is 9.59 Å². The van der Waals surface area contributed by atoms with Crippen molar-refractivity contribution in [3.63, 3.8) is 0 Å². The van der Waals surface area contributed by atoms with E-state index in [1.165, 1.54) is 9.80 Å². The van der Waals surface area contributed by atoms with Crippen molar-refractivity contribution in [1.82, 2.24) is 40.2 Å². The molecule has 0 radical (unpaired) electrons. The summed E-state index contributed by atoms with van der Waals surface area (Å²) in [6, 6.07) is 8.66. The number of H-pyrrole nitrogens is 1. The number of amides is 6. The van der Waals surface area contributed by atoms with E-state index in [0.717, 1.165) is 69.4 Å². The quantitative estimate of drug-likeness (QED) is 0.0291. The number of β-amino-alcohol motifs (C(OH)–C–C–N with tert-alkyl or cyclic N) is 1. The number of ether oxygens (including phenoxy) is 5. The van der Waals surface area contributed by atoms with Gasteiger partial charge in [-0.15, -0.1) is 26.3 Å². The van der Waals surface area contributed by atoms with E-state index >= 15 is 0 Å². The second kappa shape index (κ2) is 30.7. The lowest BCUT2D eigenvalue weighted by Crippen LogP contribution is -2.55. The van der Waals surface area contributed by atoms with Crippen LogP contribution in [0.3, 0.4) is 0 Å². The third kappa shape index (κ3) is 16.2. The standard InChI is InChI=1S/C31H39BrN4O6.C21H33N3O5.C10H8BrNO2/c1-6-9-10-11-14-35(4)30(39)36-19-22(42-28-23-13-12-21(40-5)15-24(23)25(32)18-33-28)16-26(36)27(37)34-31(17-20(31)7-2)29(38)41-8-3;1-5-8-9-10-11-23(4)20(28)24-14-16(25)12-17(24)18(26)22-21(13-15(21)6-2)19(27)29-7-3;1-14-6-2-3-7-8(4-6)9(11)5-12-10(7)13/h6-7,12-13,15,18,20,22,26H,1-2,8-11,14,16-17,19H2,3-5H3,(H,34,37);5-6,15-17,25H,1-2,7-14H2,3-4H3,(H,22,26);2-5H,1H3,(H,12,13)/t20-,22-,26+,31-;15-,16+,17+,21-;/m11./s1. The Morgan fingerprint density at radius 1 is 0.718 bits per heavy atom. The van der Waals surface area contributed by atoms with Crippen LogP contribution in [0, 0.1) is 11.8 Å². The van der Waals surface area contributed by atoms with E-state index in [-0.39, 0.29) is 68.6 Å². The molecule has 4 heterocycles. The molecule has 23 heteroatoms. The van der Waals surface area contributed by atoms with E-state index in [4.69, 9.17) is 23.7 Å². The smallest absolute Gasteiger partial charge is 0.332 e. The van der Waals surface area contributed by atoms with Crippen LogP contribution in [-0.4, -0.2) is 174 Å². The highest BCUT2D eigenvalue weighted by atomic mass is 79.9. The number of pyridine rings is 2. The predicted octanol–water partition coefficient (Wildman–Crippen LogP) is 8.61. The normalized spacial score (nSPS) is 22.5. The SMILES string of the molecule is C=CCCCCN(C)C(=O)N1C[C@@H](O)C[C@H]1C(=O)N[C@]1(C(=O)OCC)C[C@H]1C=C.C=CCCCCN(C)C(=O)N1C[C@H](Oc2ncc(Br)c3cc(OC)ccc23)C[C@H]1C(=O)N[C@]1(C(=O)OCC)C[C@H]1C=C.COc1ccc2c(=O)[nH]cc(Br)c2c1. The van der Waals surface area contributed by atoms with Crippen LogP contribution < -0.4 is 30.4 Å². The molecule has 0 spiro atoms. The first-order valence-electron chi connectivity index (χ1n) is 28.5. The lowest BCUT2D eigenvalue weighted by Gasteiger charge is -2.30. The fraction of sp³-hybridized carbons (Fsp3) is 0.484. The van der Waals surface area contributed by atoms with E-state index in [9.17, 15) is 38.7 Å². The number of allylic oxidation sites excluding steroid dienone is 2. The molecule has 4 aliphatic rings. The summed E-state index contributed by atoms with van der Waals surface area (Å²) in [5.41, 5.74) is -2.37. The Balaban J connectivity index is 0.000000231. The molecule has 0 bridgehead atoms. The minimum absolute atomic E-state index is 0.0885. The lowest BCUT2D eigenvalue weighted by atomic mass is 10.1. The third-order valence-electron chi connectivity index (χ3n) is 15.5. The number of carbonyl (C=O) groups is 6. The van der Waals surface area contributed by atoms with Gasteiger partial charge in [-0.2, -0.15) is 0 Å². The fourth-order valence-corrected chi connectivity index (χ4v) is 11.4. The number of esters is 2. The number of urea groups is 2. The summed E-state index contributed by atoms with van der Waals surface area (Å²) in [4.78, 5) is 103. The molecule has 21 nitrogen and oxygen atoms in total. The first-order chi connectivity index (χ1) is 40.7. The number of halogens is 2. The molecule has 2 saturated carbocycles. The van der Waals surface area contributed by atoms with Crippen LogP contribution in [0.1, 0.15) is 78.1 Å². The summed E-state index contributed by atoms with van der Waals surface area (Å²) < 4.78 is 28.8. The number of rotatable bonds is 24. The van der Waals surface area contributed by atoms with Crippen LogP contribution in [0.15, 0.2) is 113 Å². The van der Waals surface area contributed by atoms with Gasteiger partial charge in [0, 0.05) is 101 Å². The fourth-order valence-electron chi connectivity index (χ4n) is 10.5. The minimum Gasteiger partial charge on any atom is -0.497 e. The zero-order chi connectivity index (χ0) is 62.2. The van der Waals surface area contributed by atoms with E-state index in [2.05, 4.69) is 78.8 Å². The minimum atomic E-state index is -1.17. The average Bonchev–Trinajstić information content (AvgIpc) is 1.80. The zero-order valence-corrected chi connectivity index (χ0v) is 52.5. The Hall–Kier alpha value is -7.24. The van der Waals surface area contributed by atoms with Gasteiger partial charge in [0.05, 0.1) is 40.1 Å². The van der Waals surface area contributed by atoms with Crippen LogP contribution in [-0.2, 0) is 28.7 Å². The number of hydrogen-bond donors (Lipinski definition) is 4. The summed E-state index contributed by atoms with van der Waals surface area (Å²) in [5, 5.41) is 18.9. The first kappa shape index (κ1) is 66.9. The molecule has 0 unspecified atom stereocenters. The molecule has 8 atom stereocenters. The Morgan fingerprint density at radius 3 is 1.67 bits per heavy atom. The molecular weight excluding hydrogens is 1220 g/mol. The molecular formula is C62H80Br2N8O13. The molecule has 2 saturated heterocycles. The molecule has 460 valence electrons. The average molecular weight is 1310 g/mol. The van der Waals surface area contributed by atoms with E-state index in [1.54, 1.807) is 88.6 Å². The summed E-state index contributed by atoms with van der Waals surface area (Å²) in [5.74, 6) is -0.472. The van der Waals surface area contributed by atoms with Crippen LogP contribution >= 0.6 is 31.9 Å². The number of carbonyl (C=O) groups excluding carboxylic acids is 6. The number of aromatic amines is 1. The van der Waals surface area contributed by atoms with Crippen LogP contribution in [0.5, 0.6) is 17.4 Å². The molecule has 8 rings (SSSR count). The van der Waals surface area contributed by atoms with Crippen molar-refractivity contribution >= 4 is 89.2 Å². The highest BCUT2D eigenvalue weighted by Crippen LogP contribution is 2.47. The van der Waals surface area contributed by atoms with Crippen molar-refractivity contribution in [1.29, 1.82) is 0 Å². The topological polar surface area (TPSA) is 252 Å². The first-order valence-corrected chi connectivity index (χ1v) is 30.1. The molecule has 4 fully saturated rings. The van der Waals surface area contributed by atoms with Gasteiger partial charge in [-0.25, -0.2) is 24.2 Å². The van der Waals surface area contributed by atoms with Crippen LogP contribution in [0.25, 0.3) is 21.5 Å². The Morgan fingerprint density at radius 2 is 1.20 bits per heavy atom. The molecule has 2 aliphatic carbocycles. The maximum Gasteiger partial charge on any atom is 0.332 e. The van der Waals surface area contributed by atoms with Gasteiger partial charge in [-0.3, -0.25) is 14.4 Å². The van der Waals surface area contributed by atoms with Crippen molar-refractivity contribution in [3.8, 4) is 17.4 Å². The van der Waals surface area contributed by atoms with Crippen molar-refractivity contribution in [2.75, 3.05) is 67.7 Å². The van der Waals surface area contributed by atoms with E-state index in [0.29, 0.717) is 42.9 Å². The van der Waals surface area contributed by atoms with Gasteiger partial charge in [-0.1, -0.05) is 24.3 Å². The van der Waals surface area contributed by atoms with Crippen molar-refractivity contribution in [2.24, 2.45) is 11.8 Å². The number of nitrogens with zero attached hydrogens (tertiary/aromatic N) is 5. The lowest BCUT2D eigenvalue weighted by molar-refractivity contribution is -0.150. The molecule has 2 aliphatic heterocycles. The largest absolute Gasteiger partial charge is 0.497 e. The summed E-state index contributed by atoms with van der Waals surface area (Å²) in [6.45, 7) is 20.1. The van der Waals surface area contributed by atoms with Gasteiger partial charge >= 0.3 is 24.0 Å². The van der Waals surface area contributed by atoms with E-state index in [1.807, 2.05) is 36.4 Å². The van der Waals surface area contributed by atoms with Crippen molar-refractivity contribution < 1.29 is 57.6 Å². The molecule has 2 aromatic heterocycles. The molecule has 2 aromatic carbocycles. The van der Waals surface area contributed by atoms with Gasteiger partial charge in [0.1, 0.15) is 40.8 Å². The highest BCUT2D eigenvalue weighted by molar-refractivity contribution is 9.11. The van der Waals surface area contributed by atoms with E-state index < -0.39 is 59.1 Å². The van der Waals surface area contributed by atoms with Crippen molar-refractivity contribution in [2.45, 2.75) is 113 Å². The number of aliphatic hydroxyl groups excluding tert-OH is 1. The number of hydrogen-bond acceptors (Lipinski definition) is 14. The number of fused-ring (bicyclic) bond motifs is 2. The summed E-state index contributed by atoms with van der Waals surface area (Å²) in [7, 11) is 6.61. The summed E-state index contributed by atoms with van der Waals surface area (Å²) >= 11 is 6.91. The highest BCUT2D eigenvalue weighted by Gasteiger charge is 2.63. The number of unbranched alkanes of at least 4 members (excludes halogenated alkanes) is 4. The monoisotopic (exact) mass is 1300 g/mol. The Kier molecular flexibility index (Phi) is 24.2. The second-order valence-corrected chi connectivity index (χ2v) is 23.0. The molecule has 85 heavy (non-hydrogen) atoms. The number of aliphatic hydroxyl groups is 1. The molecule has 4 aromatic rings. The maximum atomic E-state index is 13.8. The predicted molar refractivity (Wildman–Crippen MR) is 331 cm³/mol. The van der Waals surface area contributed by atoms with Gasteiger partial charge < -0.3 is 64.0 Å². The number of nitrogens with one attached hydrogen (secondary N) is 3. The molecule has 6 amide bonds. The number of likely N-dealkylation sites (tertiary alicyclic amines) is 2. The Bertz CT molecular complexity index is 3160. The van der Waals surface area contributed by atoms with Gasteiger partial charge in [0.2, 0.25) is 17.7 Å². The second-order valence-electron chi connectivity index (χ2n) is 21.3. The number of methoxy groups -OCH3 is 2. The van der Waals surface area contributed by atoms with Gasteiger partial charge in [-0.05, 0) is 133 Å². The third-order valence-corrected chi connectivity index (χ3v) is 16.8. The summed E-state index contributed by atoms with van der Waals surface area (Å²) in [6.07, 6.45) is 15.4. The maximum absolute atomic E-state index is 13.8. The number of aromatic nitrogens is 2.